The number of sulfone groups is 1. The number of hydrogen-bond acceptors (Lipinski definition) is 2. The van der Waals surface area contributed by atoms with Crippen molar-refractivity contribution in [2.24, 2.45) is 5.92 Å². The minimum atomic E-state index is -3.12. The maximum atomic E-state index is 12.5. The smallest absolute Gasteiger partial charge is 0.184 e. The average Bonchev–Trinajstić information content (AvgIpc) is 3.09. The van der Waals surface area contributed by atoms with Gasteiger partial charge in [0.2, 0.25) is 0 Å². The highest BCUT2D eigenvalue weighted by Crippen LogP contribution is 2.50. The van der Waals surface area contributed by atoms with E-state index in [1.807, 2.05) is 6.07 Å². The summed E-state index contributed by atoms with van der Waals surface area (Å²) >= 11 is 0. The second-order valence-electron chi connectivity index (χ2n) is 5.43. The van der Waals surface area contributed by atoms with E-state index in [1.165, 1.54) is 0 Å². The maximum Gasteiger partial charge on any atom is 0.184 e. The third-order valence-electron chi connectivity index (χ3n) is 3.61. The Morgan fingerprint density at radius 1 is 1.18 bits per heavy atom. The third-order valence-corrected chi connectivity index (χ3v) is 6.25. The second kappa shape index (κ2) is 4.45. The van der Waals surface area contributed by atoms with Gasteiger partial charge in [0.05, 0.1) is 9.64 Å². The molecule has 1 aliphatic rings. The molecule has 17 heavy (non-hydrogen) atoms. The Kier molecular flexibility index (Phi) is 3.30. The quantitative estimate of drug-likeness (QED) is 0.804. The SMILES string of the molecule is CC(C)CCC1(S(=O)(=O)c2ccccc2)CC1. The molecule has 0 bridgehead atoms. The minimum Gasteiger partial charge on any atom is -0.223 e. The van der Waals surface area contributed by atoms with Crippen LogP contribution in [0.5, 0.6) is 0 Å². The van der Waals surface area contributed by atoms with Crippen LogP contribution >= 0.6 is 0 Å². The Morgan fingerprint density at radius 3 is 2.24 bits per heavy atom. The lowest BCUT2D eigenvalue weighted by Gasteiger charge is -2.17. The number of benzene rings is 1. The van der Waals surface area contributed by atoms with Gasteiger partial charge in [-0.3, -0.25) is 0 Å². The maximum absolute atomic E-state index is 12.5. The van der Waals surface area contributed by atoms with Crippen LogP contribution in [0.4, 0.5) is 0 Å². The van der Waals surface area contributed by atoms with Crippen molar-refractivity contribution in [2.45, 2.75) is 49.2 Å². The van der Waals surface area contributed by atoms with E-state index >= 15 is 0 Å². The largest absolute Gasteiger partial charge is 0.223 e. The number of hydrogen-bond donors (Lipinski definition) is 0. The highest BCUT2D eigenvalue weighted by atomic mass is 32.2. The lowest BCUT2D eigenvalue weighted by Crippen LogP contribution is -2.23. The normalized spacial score (nSPS) is 18.3. The van der Waals surface area contributed by atoms with Gasteiger partial charge in [-0.1, -0.05) is 32.0 Å². The van der Waals surface area contributed by atoms with Gasteiger partial charge in [-0.2, -0.15) is 0 Å². The minimum absolute atomic E-state index is 0.446. The van der Waals surface area contributed by atoms with Gasteiger partial charge < -0.3 is 0 Å². The molecule has 2 nitrogen and oxygen atoms in total. The molecule has 0 N–H and O–H groups in total. The molecular weight excluding hydrogens is 232 g/mol. The molecule has 0 saturated heterocycles. The molecule has 1 aliphatic carbocycles. The summed E-state index contributed by atoms with van der Waals surface area (Å²) in [7, 11) is -3.12. The van der Waals surface area contributed by atoms with Crippen LogP contribution in [-0.4, -0.2) is 13.2 Å². The van der Waals surface area contributed by atoms with Crippen LogP contribution in [-0.2, 0) is 9.84 Å². The summed E-state index contributed by atoms with van der Waals surface area (Å²) in [5, 5.41) is 0. The van der Waals surface area contributed by atoms with E-state index in [1.54, 1.807) is 24.3 Å². The summed E-state index contributed by atoms with van der Waals surface area (Å²) in [4.78, 5) is 0.487. The Bertz CT molecular complexity index is 470. The molecule has 1 aromatic rings. The van der Waals surface area contributed by atoms with E-state index in [-0.39, 0.29) is 0 Å². The molecule has 1 saturated carbocycles. The molecule has 0 unspecified atom stereocenters. The third kappa shape index (κ3) is 2.39. The van der Waals surface area contributed by atoms with Crippen LogP contribution in [0.25, 0.3) is 0 Å². The molecule has 0 spiro atoms. The van der Waals surface area contributed by atoms with Crippen molar-refractivity contribution in [2.75, 3.05) is 0 Å². The van der Waals surface area contributed by atoms with E-state index in [2.05, 4.69) is 13.8 Å². The zero-order valence-corrected chi connectivity index (χ0v) is 11.3. The van der Waals surface area contributed by atoms with Crippen LogP contribution in [0.1, 0.15) is 39.5 Å². The molecular formula is C14H20O2S. The molecule has 0 radical (unpaired) electrons. The summed E-state index contributed by atoms with van der Waals surface area (Å²) in [6, 6.07) is 8.87. The molecule has 1 aromatic carbocycles. The fraction of sp³-hybridized carbons (Fsp3) is 0.571. The molecule has 0 atom stereocenters. The van der Waals surface area contributed by atoms with E-state index in [4.69, 9.17) is 0 Å². The molecule has 1 fully saturated rings. The van der Waals surface area contributed by atoms with Crippen molar-refractivity contribution in [1.82, 2.24) is 0 Å². The molecule has 94 valence electrons. The number of rotatable bonds is 5. The second-order valence-corrected chi connectivity index (χ2v) is 7.78. The Balaban J connectivity index is 2.22. The molecule has 3 heteroatoms. The van der Waals surface area contributed by atoms with Gasteiger partial charge in [-0.05, 0) is 43.7 Å². The first-order chi connectivity index (χ1) is 7.98. The fourth-order valence-electron chi connectivity index (χ4n) is 2.19. The lowest BCUT2D eigenvalue weighted by molar-refractivity contribution is 0.514. The first-order valence-electron chi connectivity index (χ1n) is 6.28. The zero-order chi connectivity index (χ0) is 12.5. The van der Waals surface area contributed by atoms with Crippen LogP contribution in [0, 0.1) is 5.92 Å². The van der Waals surface area contributed by atoms with Crippen LogP contribution in [0.2, 0.25) is 0 Å². The van der Waals surface area contributed by atoms with Crippen molar-refractivity contribution in [3.05, 3.63) is 30.3 Å². The Morgan fingerprint density at radius 2 is 1.76 bits per heavy atom. The highest BCUT2D eigenvalue weighted by molar-refractivity contribution is 7.93. The van der Waals surface area contributed by atoms with Gasteiger partial charge in [0.1, 0.15) is 0 Å². The van der Waals surface area contributed by atoms with Gasteiger partial charge in [0, 0.05) is 0 Å². The van der Waals surface area contributed by atoms with E-state index < -0.39 is 14.6 Å². The lowest BCUT2D eigenvalue weighted by atomic mass is 10.1. The van der Waals surface area contributed by atoms with Crippen molar-refractivity contribution in [1.29, 1.82) is 0 Å². The van der Waals surface area contributed by atoms with Gasteiger partial charge in [0.25, 0.3) is 0 Å². The molecule has 0 heterocycles. The van der Waals surface area contributed by atoms with Crippen LogP contribution < -0.4 is 0 Å². The summed E-state index contributed by atoms with van der Waals surface area (Å²) in [5.41, 5.74) is 0. The van der Waals surface area contributed by atoms with E-state index in [0.29, 0.717) is 10.8 Å². The van der Waals surface area contributed by atoms with E-state index in [9.17, 15) is 8.42 Å². The standard InChI is InChI=1S/C14H20O2S/c1-12(2)8-9-14(10-11-14)17(15,16)13-6-4-3-5-7-13/h3-7,12H,8-11H2,1-2H3. The van der Waals surface area contributed by atoms with Gasteiger partial charge in [-0.25, -0.2) is 8.42 Å². The Labute approximate surface area is 104 Å². The van der Waals surface area contributed by atoms with Crippen molar-refractivity contribution >= 4 is 9.84 Å². The average molecular weight is 252 g/mol. The van der Waals surface area contributed by atoms with Crippen LogP contribution in [0.3, 0.4) is 0 Å². The van der Waals surface area contributed by atoms with Gasteiger partial charge >= 0.3 is 0 Å². The van der Waals surface area contributed by atoms with Crippen molar-refractivity contribution in [3.63, 3.8) is 0 Å². The predicted octanol–water partition coefficient (Wildman–Crippen LogP) is 3.43. The predicted molar refractivity (Wildman–Crippen MR) is 69.7 cm³/mol. The molecule has 0 amide bonds. The van der Waals surface area contributed by atoms with Gasteiger partial charge in [0.15, 0.2) is 9.84 Å². The molecule has 0 aliphatic heterocycles. The monoisotopic (exact) mass is 252 g/mol. The first kappa shape index (κ1) is 12.6. The van der Waals surface area contributed by atoms with Gasteiger partial charge in [-0.15, -0.1) is 0 Å². The summed E-state index contributed by atoms with van der Waals surface area (Å²) in [6.07, 6.45) is 3.46. The summed E-state index contributed by atoms with van der Waals surface area (Å²) in [6.45, 7) is 4.29. The van der Waals surface area contributed by atoms with Crippen LogP contribution in [0.15, 0.2) is 35.2 Å². The molecule has 0 aromatic heterocycles. The zero-order valence-electron chi connectivity index (χ0n) is 10.5. The highest BCUT2D eigenvalue weighted by Gasteiger charge is 2.54. The fourth-order valence-corrected chi connectivity index (χ4v) is 4.24. The van der Waals surface area contributed by atoms with Crippen molar-refractivity contribution < 1.29 is 8.42 Å². The first-order valence-corrected chi connectivity index (χ1v) is 7.76. The topological polar surface area (TPSA) is 34.1 Å². The molecule has 2 rings (SSSR count). The van der Waals surface area contributed by atoms with E-state index in [0.717, 1.165) is 25.7 Å². The summed E-state index contributed by atoms with van der Waals surface area (Å²) in [5.74, 6) is 0.568. The summed E-state index contributed by atoms with van der Waals surface area (Å²) < 4.78 is 24.6. The Hall–Kier alpha value is -0.830. The van der Waals surface area contributed by atoms with Crippen molar-refractivity contribution in [3.8, 4) is 0 Å².